The van der Waals surface area contributed by atoms with Gasteiger partial charge in [-0.1, -0.05) is 261 Å². The van der Waals surface area contributed by atoms with Crippen LogP contribution in [0.3, 0.4) is 0 Å². The van der Waals surface area contributed by atoms with E-state index in [0.717, 1.165) is 107 Å². The molecule has 0 saturated carbocycles. The highest BCUT2D eigenvalue weighted by Crippen LogP contribution is 2.40. The first-order valence-electron chi connectivity index (χ1n) is 23.9. The van der Waals surface area contributed by atoms with Crippen molar-refractivity contribution >= 4 is 0 Å². The summed E-state index contributed by atoms with van der Waals surface area (Å²) in [5.41, 5.74) is 16.7. The molecule has 0 aliphatic heterocycles. The van der Waals surface area contributed by atoms with Crippen LogP contribution in [0, 0.1) is 0 Å². The monoisotopic (exact) mass is 921 g/mol. The second-order valence-electron chi connectivity index (χ2n) is 17.3. The quantitative estimate of drug-likeness (QED) is 0.128. The lowest BCUT2D eigenvalue weighted by atomic mass is 9.98. The van der Waals surface area contributed by atoms with Crippen LogP contribution in [0.5, 0.6) is 0 Å². The first kappa shape index (κ1) is 43.4. The van der Waals surface area contributed by atoms with Crippen molar-refractivity contribution in [2.45, 2.75) is 0 Å². The molecular weight excluding hydrogens is 879 g/mol. The molecule has 0 aliphatic carbocycles. The molecule has 0 bridgehead atoms. The summed E-state index contributed by atoms with van der Waals surface area (Å²) in [7, 11) is 0. The fourth-order valence-corrected chi connectivity index (χ4v) is 8.96. The molecule has 0 saturated heterocycles. The van der Waals surface area contributed by atoms with Gasteiger partial charge in [-0.05, 0) is 0 Å². The summed E-state index contributed by atoms with van der Waals surface area (Å²) in [5, 5.41) is 0. The van der Waals surface area contributed by atoms with Gasteiger partial charge in [0.2, 0.25) is 0 Å². The Morgan fingerprint density at radius 3 is 0.458 bits per heavy atom. The number of nitrogens with zero attached hydrogens (tertiary/aromatic N) is 7. The molecule has 0 radical (unpaired) electrons. The summed E-state index contributed by atoms with van der Waals surface area (Å²) in [5.74, 6) is 1.68. The molecule has 3 heterocycles. The van der Waals surface area contributed by atoms with Gasteiger partial charge in [0.25, 0.3) is 0 Å². The van der Waals surface area contributed by atoms with Crippen molar-refractivity contribution in [1.82, 2.24) is 34.9 Å². The van der Waals surface area contributed by atoms with Crippen LogP contribution >= 0.6 is 0 Å². The number of rotatable bonds is 11. The van der Waals surface area contributed by atoms with E-state index >= 15 is 0 Å². The van der Waals surface area contributed by atoms with E-state index in [1.54, 1.807) is 0 Å². The smallest absolute Gasteiger partial charge is 0.164 e. The fraction of sp³-hybridized carbons (Fsp3) is 0. The maximum Gasteiger partial charge on any atom is 0.164 e. The van der Waals surface area contributed by atoms with Crippen molar-refractivity contribution in [3.05, 3.63) is 261 Å². The van der Waals surface area contributed by atoms with Crippen LogP contribution in [0.4, 0.5) is 0 Å². The Balaban J connectivity index is 0.958. The van der Waals surface area contributed by atoms with Gasteiger partial charge in [-0.2, -0.15) is 0 Å². The van der Waals surface area contributed by atoms with Gasteiger partial charge in [0.1, 0.15) is 0 Å². The normalized spacial score (nSPS) is 11.1. The van der Waals surface area contributed by atoms with Crippen LogP contribution in [0.1, 0.15) is 0 Å². The maximum atomic E-state index is 5.45. The van der Waals surface area contributed by atoms with Gasteiger partial charge in [-0.3, -0.25) is 0 Å². The summed E-state index contributed by atoms with van der Waals surface area (Å²) >= 11 is 0. The number of hydrogen-bond donors (Lipinski definition) is 0. The summed E-state index contributed by atoms with van der Waals surface area (Å²) in [4.78, 5) is 37.0. The zero-order valence-electron chi connectivity index (χ0n) is 39.0. The second kappa shape index (κ2) is 19.6. The fourth-order valence-electron chi connectivity index (χ4n) is 8.96. The third-order valence-electron chi connectivity index (χ3n) is 12.6. The maximum absolute atomic E-state index is 5.45. The lowest BCUT2D eigenvalue weighted by molar-refractivity contribution is 1.07. The van der Waals surface area contributed by atoms with Gasteiger partial charge in [0.05, 0.1) is 45.6 Å². The van der Waals surface area contributed by atoms with E-state index in [0.29, 0.717) is 17.5 Å². The Kier molecular flexibility index (Phi) is 11.8. The molecule has 0 atom stereocenters. The summed E-state index contributed by atoms with van der Waals surface area (Å²) in [6.07, 6.45) is 0. The highest BCUT2D eigenvalue weighted by Gasteiger charge is 2.22. The minimum atomic E-state index is 0.550. The van der Waals surface area contributed by atoms with Crippen LogP contribution in [-0.2, 0) is 0 Å². The van der Waals surface area contributed by atoms with E-state index in [1.807, 2.05) is 140 Å². The Labute approximate surface area is 418 Å². The van der Waals surface area contributed by atoms with E-state index in [4.69, 9.17) is 34.9 Å². The molecule has 0 amide bonds. The third-order valence-corrected chi connectivity index (χ3v) is 12.6. The van der Waals surface area contributed by atoms with Crippen LogP contribution in [0.15, 0.2) is 261 Å². The molecule has 0 aliphatic rings. The van der Waals surface area contributed by atoms with Crippen LogP contribution < -0.4 is 0 Å². The van der Waals surface area contributed by atoms with E-state index in [2.05, 4.69) is 121 Å². The molecule has 0 spiro atoms. The van der Waals surface area contributed by atoms with Crippen molar-refractivity contribution in [3.63, 3.8) is 0 Å². The molecular formula is C65H43N7. The number of aromatic nitrogens is 7. The van der Waals surface area contributed by atoms with E-state index in [9.17, 15) is 0 Å². The van der Waals surface area contributed by atoms with Gasteiger partial charge >= 0.3 is 0 Å². The van der Waals surface area contributed by atoms with E-state index < -0.39 is 0 Å². The molecule has 0 unspecified atom stereocenters. The highest BCUT2D eigenvalue weighted by molar-refractivity contribution is 5.89. The average molecular weight is 922 g/mol. The van der Waals surface area contributed by atoms with Gasteiger partial charge in [0, 0.05) is 61.2 Å². The zero-order chi connectivity index (χ0) is 48.1. The van der Waals surface area contributed by atoms with Crippen molar-refractivity contribution in [2.24, 2.45) is 0 Å². The van der Waals surface area contributed by atoms with Crippen LogP contribution in [0.2, 0.25) is 0 Å². The molecule has 0 N–H and O–H groups in total. The summed E-state index contributed by atoms with van der Waals surface area (Å²) in [6.45, 7) is 0. The van der Waals surface area contributed by atoms with Gasteiger partial charge in [-0.15, -0.1) is 0 Å². The molecule has 12 rings (SSSR count). The first-order valence-corrected chi connectivity index (χ1v) is 23.9. The summed E-state index contributed by atoms with van der Waals surface area (Å²) < 4.78 is 0. The minimum Gasteiger partial charge on any atom is -0.243 e. The van der Waals surface area contributed by atoms with Crippen LogP contribution in [-0.4, -0.2) is 34.9 Å². The lowest BCUT2D eigenvalue weighted by Crippen LogP contribution is -2.02. The topological polar surface area (TPSA) is 90.2 Å². The summed E-state index contributed by atoms with van der Waals surface area (Å²) in [6, 6.07) is 88.2. The van der Waals surface area contributed by atoms with Crippen molar-refractivity contribution < 1.29 is 0 Å². The van der Waals surface area contributed by atoms with E-state index in [1.165, 1.54) is 0 Å². The van der Waals surface area contributed by atoms with Gasteiger partial charge in [0.15, 0.2) is 17.5 Å². The Hall–Kier alpha value is -9.85. The van der Waals surface area contributed by atoms with Gasteiger partial charge in [-0.25, -0.2) is 34.9 Å². The molecule has 7 heteroatoms. The molecule has 3 aromatic heterocycles. The zero-order valence-corrected chi connectivity index (χ0v) is 39.0. The number of hydrogen-bond acceptors (Lipinski definition) is 7. The molecule has 0 fully saturated rings. The number of benzene rings is 9. The molecule has 7 nitrogen and oxygen atoms in total. The average Bonchev–Trinajstić information content (AvgIpc) is 3.48. The standard InChI is InChI=1S/C65H43N7/c1-8-22-44(23-9-1)55-57(46-26-12-3-13-27-46)68-61(59(66-55)48-30-16-5-17-31-48)50-36-40-53(41-37-50)64-70-63(52-34-20-7-21-35-52)71-65(72-64)54-42-38-51(39-43-54)62-60(49-32-18-6-19-33-49)67-56(45-24-10-2-11-25-45)58(69-62)47-28-14-4-15-29-47/h1-43H. The van der Waals surface area contributed by atoms with Crippen molar-refractivity contribution in [2.75, 3.05) is 0 Å². The van der Waals surface area contributed by atoms with Crippen molar-refractivity contribution in [1.29, 1.82) is 0 Å². The molecule has 72 heavy (non-hydrogen) atoms. The van der Waals surface area contributed by atoms with E-state index in [-0.39, 0.29) is 0 Å². The Morgan fingerprint density at radius 2 is 0.264 bits per heavy atom. The predicted octanol–water partition coefficient (Wildman–Crippen LogP) is 15.8. The Bertz CT molecular complexity index is 3550. The van der Waals surface area contributed by atoms with Crippen LogP contribution in [0.25, 0.3) is 124 Å². The lowest BCUT2D eigenvalue weighted by Gasteiger charge is -2.16. The second-order valence-corrected chi connectivity index (χ2v) is 17.3. The Morgan fingerprint density at radius 1 is 0.125 bits per heavy atom. The predicted molar refractivity (Wildman–Crippen MR) is 291 cm³/mol. The van der Waals surface area contributed by atoms with Crippen molar-refractivity contribution in [3.8, 4) is 124 Å². The third kappa shape index (κ3) is 8.86. The highest BCUT2D eigenvalue weighted by atomic mass is 15.0. The first-order chi connectivity index (χ1) is 35.7. The SMILES string of the molecule is c1ccc(-c2nc(-c3ccc(-c4nc(-c5ccccc5)c(-c5ccccc5)nc4-c4ccccc4)cc3)nc(-c3ccc(-c4nc(-c5ccccc5)c(-c5ccccc5)nc4-c4ccccc4)cc3)n2)cc1. The molecule has 9 aromatic carbocycles. The largest absolute Gasteiger partial charge is 0.243 e. The molecule has 12 aromatic rings. The van der Waals surface area contributed by atoms with Gasteiger partial charge < -0.3 is 0 Å². The molecule has 338 valence electrons. The minimum absolute atomic E-state index is 0.550.